The third-order valence-corrected chi connectivity index (χ3v) is 4.78. The highest BCUT2D eigenvalue weighted by Crippen LogP contribution is 2.35. The highest BCUT2D eigenvalue weighted by atomic mass is 16.5. The van der Waals surface area contributed by atoms with Gasteiger partial charge in [0.25, 0.3) is 5.91 Å². The van der Waals surface area contributed by atoms with E-state index in [2.05, 4.69) is 20.6 Å². The van der Waals surface area contributed by atoms with Crippen LogP contribution in [0.25, 0.3) is 0 Å². The number of carbonyl (C=O) groups is 2. The van der Waals surface area contributed by atoms with Gasteiger partial charge in [0.05, 0.1) is 36.3 Å². The highest BCUT2D eigenvalue weighted by molar-refractivity contribution is 6.07. The maximum atomic E-state index is 12.7. The summed E-state index contributed by atoms with van der Waals surface area (Å²) in [5.41, 5.74) is 2.31. The van der Waals surface area contributed by atoms with Crippen LogP contribution in [0.4, 0.5) is 17.2 Å². The fourth-order valence-corrected chi connectivity index (χ4v) is 3.05. The van der Waals surface area contributed by atoms with Gasteiger partial charge in [-0.25, -0.2) is 9.97 Å². The molecular weight excluding hydrogens is 346 g/mol. The number of aromatic nitrogens is 2. The third kappa shape index (κ3) is 3.55. The van der Waals surface area contributed by atoms with E-state index in [-0.39, 0.29) is 18.4 Å². The number of carbonyl (C=O) groups excluding carboxylic acids is 2. The maximum Gasteiger partial charge on any atom is 0.257 e. The van der Waals surface area contributed by atoms with Crippen molar-refractivity contribution in [2.24, 2.45) is 5.92 Å². The molecule has 1 aliphatic carbocycles. The molecule has 0 radical (unpaired) electrons. The number of nitrogens with zero attached hydrogens (tertiary/aromatic N) is 3. The van der Waals surface area contributed by atoms with E-state index >= 15 is 0 Å². The van der Waals surface area contributed by atoms with Gasteiger partial charge in [0.15, 0.2) is 0 Å². The molecule has 3 heterocycles. The summed E-state index contributed by atoms with van der Waals surface area (Å²) in [6.45, 7) is 2.71. The average Bonchev–Trinajstić information content (AvgIpc) is 3.49. The molecule has 2 aromatic heterocycles. The number of pyridine rings is 2. The smallest absolute Gasteiger partial charge is 0.257 e. The van der Waals surface area contributed by atoms with Crippen molar-refractivity contribution in [3.05, 3.63) is 35.7 Å². The summed E-state index contributed by atoms with van der Waals surface area (Å²) in [6, 6.07) is 5.15. The molecule has 2 aliphatic rings. The second kappa shape index (κ2) is 6.86. The van der Waals surface area contributed by atoms with Gasteiger partial charge in [-0.2, -0.15) is 0 Å². The van der Waals surface area contributed by atoms with Crippen molar-refractivity contribution in [2.45, 2.75) is 19.8 Å². The molecule has 140 valence electrons. The van der Waals surface area contributed by atoms with Crippen LogP contribution in [-0.2, 0) is 4.79 Å². The Morgan fingerprint density at radius 1 is 1.41 bits per heavy atom. The lowest BCUT2D eigenvalue weighted by Gasteiger charge is -2.29. The Kier molecular flexibility index (Phi) is 4.39. The molecule has 0 unspecified atom stereocenters. The number of nitrogens with one attached hydrogen (secondary N) is 2. The molecule has 1 fully saturated rings. The Morgan fingerprint density at radius 3 is 2.93 bits per heavy atom. The van der Waals surface area contributed by atoms with Crippen molar-refractivity contribution >= 4 is 29.0 Å². The molecule has 8 heteroatoms. The summed E-state index contributed by atoms with van der Waals surface area (Å²) in [5.74, 6) is 1.37. The second-order valence-corrected chi connectivity index (χ2v) is 6.83. The molecule has 2 aromatic rings. The minimum absolute atomic E-state index is 0.00366. The van der Waals surface area contributed by atoms with E-state index in [0.29, 0.717) is 46.8 Å². The van der Waals surface area contributed by atoms with Crippen molar-refractivity contribution in [2.75, 3.05) is 35.7 Å². The molecule has 0 spiro atoms. The van der Waals surface area contributed by atoms with E-state index in [1.54, 1.807) is 37.1 Å². The molecule has 8 nitrogen and oxygen atoms in total. The molecule has 0 aromatic carbocycles. The molecule has 2 N–H and O–H groups in total. The van der Waals surface area contributed by atoms with Crippen LogP contribution in [0.3, 0.4) is 0 Å². The molecule has 4 rings (SSSR count). The summed E-state index contributed by atoms with van der Waals surface area (Å²) in [4.78, 5) is 35.3. The number of amides is 2. The number of hydrogen-bond donors (Lipinski definition) is 2. The first kappa shape index (κ1) is 17.3. The molecule has 0 saturated heterocycles. The molecule has 0 bridgehead atoms. The normalized spacial score (nSPS) is 15.8. The van der Waals surface area contributed by atoms with E-state index < -0.39 is 0 Å². The van der Waals surface area contributed by atoms with E-state index in [1.807, 2.05) is 0 Å². The van der Waals surface area contributed by atoms with E-state index in [0.717, 1.165) is 12.8 Å². The van der Waals surface area contributed by atoms with Gasteiger partial charge in [-0.05, 0) is 37.8 Å². The van der Waals surface area contributed by atoms with Crippen LogP contribution in [0.15, 0.2) is 24.4 Å². The predicted octanol–water partition coefficient (Wildman–Crippen LogP) is 2.21. The Morgan fingerprint density at radius 2 is 2.22 bits per heavy atom. The fourth-order valence-electron chi connectivity index (χ4n) is 3.05. The fraction of sp³-hybridized carbons (Fsp3) is 0.368. The number of hydrogen-bond acceptors (Lipinski definition) is 6. The largest absolute Gasteiger partial charge is 0.481 e. The molecule has 27 heavy (non-hydrogen) atoms. The quantitative estimate of drug-likeness (QED) is 0.841. The lowest BCUT2D eigenvalue weighted by molar-refractivity contribution is -0.117. The highest BCUT2D eigenvalue weighted by Gasteiger charge is 2.32. The molecular formula is C19H21N5O3. The summed E-state index contributed by atoms with van der Waals surface area (Å²) >= 11 is 0. The zero-order chi connectivity index (χ0) is 19.0. The lowest BCUT2D eigenvalue weighted by Crippen LogP contribution is -2.41. The first-order chi connectivity index (χ1) is 13.0. The van der Waals surface area contributed by atoms with E-state index in [4.69, 9.17) is 4.74 Å². The maximum absolute atomic E-state index is 12.7. The summed E-state index contributed by atoms with van der Waals surface area (Å²) < 4.78 is 5.08. The Hall–Kier alpha value is -3.16. The minimum Gasteiger partial charge on any atom is -0.481 e. The monoisotopic (exact) mass is 367 g/mol. The van der Waals surface area contributed by atoms with Crippen LogP contribution in [-0.4, -0.2) is 42.0 Å². The number of fused-ring (bicyclic) bond motifs is 1. The van der Waals surface area contributed by atoms with Gasteiger partial charge >= 0.3 is 0 Å². The van der Waals surface area contributed by atoms with Gasteiger partial charge in [0.2, 0.25) is 11.8 Å². The van der Waals surface area contributed by atoms with Gasteiger partial charge in [0.1, 0.15) is 5.82 Å². The Balaban J connectivity index is 1.58. The first-order valence-electron chi connectivity index (χ1n) is 8.92. The van der Waals surface area contributed by atoms with Gasteiger partial charge in [-0.3, -0.25) is 9.59 Å². The van der Waals surface area contributed by atoms with Gasteiger partial charge in [0, 0.05) is 18.8 Å². The molecule has 0 atom stereocenters. The Labute approximate surface area is 156 Å². The van der Waals surface area contributed by atoms with E-state index in [9.17, 15) is 9.59 Å². The summed E-state index contributed by atoms with van der Waals surface area (Å²) in [6.07, 6.45) is 3.80. The zero-order valence-corrected chi connectivity index (χ0v) is 15.3. The number of ether oxygens (including phenoxy) is 1. The zero-order valence-electron chi connectivity index (χ0n) is 15.3. The van der Waals surface area contributed by atoms with Crippen LogP contribution < -0.4 is 20.3 Å². The standard InChI is InChI=1S/C19H21N5O3/c1-11-14(5-6-16(22-11)27-2)23-19(26)13-7-15-18(20-8-13)21-9-17(25)24(15)10-12-3-4-12/h5-8,12H,3-4,9-10H2,1-2H3,(H,20,21)(H,23,26). The molecule has 1 aliphatic heterocycles. The van der Waals surface area contributed by atoms with Crippen LogP contribution in [0.2, 0.25) is 0 Å². The van der Waals surface area contributed by atoms with Crippen LogP contribution in [0.1, 0.15) is 28.9 Å². The minimum atomic E-state index is -0.301. The average molecular weight is 367 g/mol. The number of aryl methyl sites for hydroxylation is 1. The third-order valence-electron chi connectivity index (χ3n) is 4.78. The summed E-state index contributed by atoms with van der Waals surface area (Å²) in [5, 5.41) is 5.86. The van der Waals surface area contributed by atoms with Crippen molar-refractivity contribution in [1.82, 2.24) is 9.97 Å². The summed E-state index contributed by atoms with van der Waals surface area (Å²) in [7, 11) is 1.54. The number of anilines is 3. The van der Waals surface area contributed by atoms with Crippen LogP contribution >= 0.6 is 0 Å². The topological polar surface area (TPSA) is 96.5 Å². The van der Waals surface area contributed by atoms with Crippen LogP contribution in [0, 0.1) is 12.8 Å². The molecule has 2 amide bonds. The Bertz CT molecular complexity index is 910. The lowest BCUT2D eigenvalue weighted by atomic mass is 10.1. The van der Waals surface area contributed by atoms with Crippen LogP contribution in [0.5, 0.6) is 5.88 Å². The van der Waals surface area contributed by atoms with Crippen molar-refractivity contribution < 1.29 is 14.3 Å². The van der Waals surface area contributed by atoms with Crippen molar-refractivity contribution in [3.63, 3.8) is 0 Å². The predicted molar refractivity (Wildman–Crippen MR) is 101 cm³/mol. The van der Waals surface area contributed by atoms with Gasteiger partial charge in [-0.1, -0.05) is 0 Å². The first-order valence-corrected chi connectivity index (χ1v) is 8.92. The van der Waals surface area contributed by atoms with Crippen molar-refractivity contribution in [3.8, 4) is 5.88 Å². The number of methoxy groups -OCH3 is 1. The van der Waals surface area contributed by atoms with Crippen molar-refractivity contribution in [1.29, 1.82) is 0 Å². The SMILES string of the molecule is COc1ccc(NC(=O)c2cnc3c(c2)N(CC2CC2)C(=O)CN3)c(C)n1. The van der Waals surface area contributed by atoms with Gasteiger partial charge < -0.3 is 20.3 Å². The van der Waals surface area contributed by atoms with E-state index in [1.165, 1.54) is 6.20 Å². The molecule has 1 saturated carbocycles. The number of rotatable bonds is 5. The second-order valence-electron chi connectivity index (χ2n) is 6.83. The van der Waals surface area contributed by atoms with Gasteiger partial charge in [-0.15, -0.1) is 0 Å².